The van der Waals surface area contributed by atoms with E-state index in [-0.39, 0.29) is 16.5 Å². The molecule has 2 heterocycles. The zero-order valence-electron chi connectivity index (χ0n) is 19.1. The van der Waals surface area contributed by atoms with Gasteiger partial charge >= 0.3 is 13.5 Å². The third kappa shape index (κ3) is 5.36. The number of rotatable bonds is 8. The number of thiophene rings is 1. The number of carbonyl (C=O) groups is 2. The minimum atomic E-state index is -3.58. The Bertz CT molecular complexity index is 1430. The summed E-state index contributed by atoms with van der Waals surface area (Å²) in [6.07, 6.45) is 0. The van der Waals surface area contributed by atoms with Crippen LogP contribution in [0.5, 0.6) is 0 Å². The van der Waals surface area contributed by atoms with Crippen LogP contribution < -0.4 is 15.7 Å². The fraction of sp³-hybridized carbons (Fsp3) is 0.125. The molecule has 1 amide bonds. The van der Waals surface area contributed by atoms with Crippen molar-refractivity contribution in [1.29, 1.82) is 0 Å². The Morgan fingerprint density at radius 1 is 1.09 bits per heavy atom. The lowest BCUT2D eigenvalue weighted by Crippen LogP contribution is -2.17. The van der Waals surface area contributed by atoms with Crippen molar-refractivity contribution in [3.63, 3.8) is 0 Å². The third-order valence-electron chi connectivity index (χ3n) is 5.21. The number of aromatic nitrogens is 1. The lowest BCUT2D eigenvalue weighted by Gasteiger charge is -2.20. The minimum absolute atomic E-state index is 0.0166. The van der Waals surface area contributed by atoms with Gasteiger partial charge in [-0.25, -0.2) is 9.78 Å². The van der Waals surface area contributed by atoms with Crippen molar-refractivity contribution in [1.82, 2.24) is 4.98 Å². The number of hydrogen-bond donors (Lipinski definition) is 3. The van der Waals surface area contributed by atoms with Crippen LogP contribution in [-0.4, -0.2) is 29.1 Å². The highest BCUT2D eigenvalue weighted by atomic mass is 32.1. The molecule has 0 aliphatic carbocycles. The summed E-state index contributed by atoms with van der Waals surface area (Å²) in [4.78, 5) is 28.8. The summed E-state index contributed by atoms with van der Waals surface area (Å²) in [7, 11) is -2.25. The van der Waals surface area contributed by atoms with E-state index in [0.717, 1.165) is 28.0 Å². The van der Waals surface area contributed by atoms with Crippen LogP contribution in [0, 0.1) is 13.8 Å². The largest absolute Gasteiger partial charge is 0.477 e. The molecule has 8 nitrogen and oxygen atoms in total. The number of thiazole rings is 1. The van der Waals surface area contributed by atoms with Crippen molar-refractivity contribution in [2.75, 3.05) is 17.5 Å². The van der Waals surface area contributed by atoms with E-state index in [4.69, 9.17) is 4.52 Å². The van der Waals surface area contributed by atoms with Gasteiger partial charge in [0, 0.05) is 23.1 Å². The van der Waals surface area contributed by atoms with Gasteiger partial charge in [0.05, 0.1) is 16.5 Å². The summed E-state index contributed by atoms with van der Waals surface area (Å²) < 4.78 is 19.1. The molecule has 11 heteroatoms. The summed E-state index contributed by atoms with van der Waals surface area (Å²) in [6.45, 7) is 3.77. The molecule has 3 N–H and O–H groups in total. The summed E-state index contributed by atoms with van der Waals surface area (Å²) in [5.74, 6) is -1.45. The second-order valence-electron chi connectivity index (χ2n) is 7.70. The van der Waals surface area contributed by atoms with Crippen molar-refractivity contribution in [3.8, 4) is 10.4 Å². The van der Waals surface area contributed by atoms with Crippen LogP contribution in [0.15, 0.2) is 59.4 Å². The van der Waals surface area contributed by atoms with Crippen LogP contribution in [0.4, 0.5) is 11.4 Å². The molecule has 0 saturated carbocycles. The molecule has 2 aromatic carbocycles. The molecule has 0 aliphatic heterocycles. The van der Waals surface area contributed by atoms with Crippen molar-refractivity contribution in [2.24, 2.45) is 0 Å². The lowest BCUT2D eigenvalue weighted by atomic mass is 10.1. The monoisotopic (exact) mass is 527 g/mol. The highest BCUT2D eigenvalue weighted by Crippen LogP contribution is 2.48. The Balaban J connectivity index is 1.61. The highest BCUT2D eigenvalue weighted by Gasteiger charge is 2.30. The van der Waals surface area contributed by atoms with Gasteiger partial charge < -0.3 is 20.0 Å². The van der Waals surface area contributed by atoms with E-state index in [1.807, 2.05) is 26.0 Å². The summed E-state index contributed by atoms with van der Waals surface area (Å²) in [5, 5.41) is 17.6. The fourth-order valence-corrected chi connectivity index (χ4v) is 6.78. The zero-order chi connectivity index (χ0) is 25.2. The molecule has 180 valence electrons. The number of aryl methyl sites for hydroxylation is 2. The summed E-state index contributed by atoms with van der Waals surface area (Å²) in [6, 6.07) is 14.1. The Labute approximate surface area is 210 Å². The molecule has 0 fully saturated rings. The number of hydrogen-bond acceptors (Lipinski definition) is 7. The maximum atomic E-state index is 13.7. The quantitative estimate of drug-likeness (QED) is 0.240. The highest BCUT2D eigenvalue weighted by molar-refractivity contribution is 7.68. The second kappa shape index (κ2) is 10.1. The van der Waals surface area contributed by atoms with Crippen molar-refractivity contribution in [2.45, 2.75) is 13.8 Å². The molecule has 0 radical (unpaired) electrons. The van der Waals surface area contributed by atoms with Crippen LogP contribution in [0.1, 0.15) is 31.3 Å². The van der Waals surface area contributed by atoms with E-state index in [9.17, 15) is 19.3 Å². The normalized spacial score (nSPS) is 12.7. The van der Waals surface area contributed by atoms with Crippen molar-refractivity contribution in [3.05, 3.63) is 81.1 Å². The standard InChI is InChI=1S/C24H22N3O5PS2/c1-14-4-9-20(15(2)10-14)33(31,32-3)27-18-11-21(35-22(18)24(29)30)16-5-7-17(8-6-16)26-23(28)19-12-34-13-25-19/h4-13H,1-3H3,(H,26,28)(H,27,31)(H,29,30). The number of aromatic carboxylic acids is 1. The number of nitrogens with one attached hydrogen (secondary N) is 2. The van der Waals surface area contributed by atoms with Gasteiger partial charge in [-0.2, -0.15) is 0 Å². The van der Waals surface area contributed by atoms with Crippen LogP contribution in [0.2, 0.25) is 0 Å². The maximum absolute atomic E-state index is 13.7. The number of nitrogens with zero attached hydrogens (tertiary/aromatic N) is 1. The predicted molar refractivity (Wildman–Crippen MR) is 141 cm³/mol. The lowest BCUT2D eigenvalue weighted by molar-refractivity contribution is 0.0703. The number of carbonyl (C=O) groups excluding carboxylic acids is 1. The fourth-order valence-electron chi connectivity index (χ4n) is 3.51. The Kier molecular flexibility index (Phi) is 7.18. The molecule has 1 atom stereocenters. The van der Waals surface area contributed by atoms with Gasteiger partial charge in [-0.05, 0) is 49.2 Å². The molecule has 0 aliphatic rings. The Hall–Kier alpha value is -3.30. The number of carboxylic acids is 1. The topological polar surface area (TPSA) is 118 Å². The van der Waals surface area contributed by atoms with Crippen molar-refractivity contribution < 1.29 is 23.8 Å². The van der Waals surface area contributed by atoms with Gasteiger partial charge in [-0.3, -0.25) is 9.36 Å². The van der Waals surface area contributed by atoms with E-state index in [2.05, 4.69) is 15.4 Å². The van der Waals surface area contributed by atoms with E-state index in [1.54, 1.807) is 47.3 Å². The first kappa shape index (κ1) is 24.8. The second-order valence-corrected chi connectivity index (χ2v) is 11.6. The molecule has 2 aromatic heterocycles. The minimum Gasteiger partial charge on any atom is -0.477 e. The van der Waals surface area contributed by atoms with Crippen LogP contribution in [-0.2, 0) is 9.09 Å². The number of benzene rings is 2. The van der Waals surface area contributed by atoms with E-state index in [0.29, 0.717) is 21.6 Å². The van der Waals surface area contributed by atoms with E-state index >= 15 is 0 Å². The smallest absolute Gasteiger partial charge is 0.348 e. The van der Waals surface area contributed by atoms with E-state index in [1.165, 1.54) is 18.4 Å². The maximum Gasteiger partial charge on any atom is 0.348 e. The zero-order valence-corrected chi connectivity index (χ0v) is 21.6. The van der Waals surface area contributed by atoms with Crippen LogP contribution >= 0.6 is 30.2 Å². The van der Waals surface area contributed by atoms with Crippen LogP contribution in [0.3, 0.4) is 0 Å². The molecule has 0 spiro atoms. The van der Waals surface area contributed by atoms with Gasteiger partial charge in [0.1, 0.15) is 10.6 Å². The summed E-state index contributed by atoms with van der Waals surface area (Å²) >= 11 is 2.39. The van der Waals surface area contributed by atoms with Gasteiger partial charge in [-0.1, -0.05) is 29.8 Å². The Morgan fingerprint density at radius 2 is 1.83 bits per heavy atom. The molecule has 4 aromatic rings. The molecule has 0 saturated heterocycles. The predicted octanol–water partition coefficient (Wildman–Crippen LogP) is 6.02. The average molecular weight is 528 g/mol. The Morgan fingerprint density at radius 3 is 2.43 bits per heavy atom. The van der Waals surface area contributed by atoms with Gasteiger partial charge in [0.2, 0.25) is 0 Å². The third-order valence-corrected chi connectivity index (χ3v) is 9.16. The first-order chi connectivity index (χ1) is 16.7. The first-order valence-electron chi connectivity index (χ1n) is 10.4. The first-order valence-corrected chi connectivity index (χ1v) is 13.8. The number of amides is 1. The number of anilines is 2. The number of carboxylic acid groups (broad SMARTS) is 1. The average Bonchev–Trinajstić information content (AvgIpc) is 3.50. The van der Waals surface area contributed by atoms with E-state index < -0.39 is 13.5 Å². The molecule has 0 bridgehead atoms. The molecular formula is C24H22N3O5PS2. The van der Waals surface area contributed by atoms with Gasteiger partial charge in [0.15, 0.2) is 0 Å². The van der Waals surface area contributed by atoms with Crippen LogP contribution in [0.25, 0.3) is 10.4 Å². The molecule has 4 rings (SSSR count). The molecular weight excluding hydrogens is 505 g/mol. The van der Waals surface area contributed by atoms with Gasteiger partial charge in [-0.15, -0.1) is 22.7 Å². The summed E-state index contributed by atoms with van der Waals surface area (Å²) in [5.41, 5.74) is 5.27. The van der Waals surface area contributed by atoms with Crippen molar-refractivity contribution >= 4 is 58.7 Å². The SMILES string of the molecule is COP(=O)(Nc1cc(-c2ccc(NC(=O)c3cscn3)cc2)sc1C(=O)O)c1ccc(C)cc1C. The van der Waals surface area contributed by atoms with Gasteiger partial charge in [0.25, 0.3) is 5.91 Å². The molecule has 1 unspecified atom stereocenters. The molecule has 35 heavy (non-hydrogen) atoms.